The number of aromatic nitrogens is 3. The first-order chi connectivity index (χ1) is 7.15. The minimum Gasteiger partial charge on any atom is -0.478 e. The lowest BCUT2D eigenvalue weighted by Crippen LogP contribution is -2.11. The number of aryl methyl sites for hydroxylation is 1. The molecule has 2 aromatic heterocycles. The normalized spacial score (nSPS) is 10.7. The number of nitrogens with one attached hydrogen (secondary N) is 1. The number of hydrogen-bond acceptors (Lipinski definition) is 3. The van der Waals surface area contributed by atoms with Crippen molar-refractivity contribution in [3.8, 4) is 0 Å². The van der Waals surface area contributed by atoms with E-state index in [1.165, 1.54) is 17.0 Å². The Balaban J connectivity index is 2.92. The summed E-state index contributed by atoms with van der Waals surface area (Å²) < 4.78 is 1.29. The first kappa shape index (κ1) is 9.45. The second-order valence-electron chi connectivity index (χ2n) is 3.09. The minimum absolute atomic E-state index is 0.127. The summed E-state index contributed by atoms with van der Waals surface area (Å²) >= 11 is 0. The number of fused-ring (bicyclic) bond motifs is 1. The van der Waals surface area contributed by atoms with Crippen molar-refractivity contribution in [2.75, 3.05) is 0 Å². The fourth-order valence-electron chi connectivity index (χ4n) is 1.62. The Hall–Kier alpha value is -2.11. The molecular weight excluding hydrogens is 198 g/mol. The Kier molecular flexibility index (Phi) is 2.03. The first-order valence-electron chi connectivity index (χ1n) is 4.46. The third kappa shape index (κ3) is 1.30. The molecule has 6 heteroatoms. The number of carbonyl (C=O) groups is 1. The highest BCUT2D eigenvalue weighted by Crippen LogP contribution is 2.15. The van der Waals surface area contributed by atoms with Gasteiger partial charge in [-0.2, -0.15) is 5.10 Å². The molecule has 2 aromatic rings. The van der Waals surface area contributed by atoms with Crippen molar-refractivity contribution in [2.24, 2.45) is 0 Å². The predicted molar refractivity (Wildman–Crippen MR) is 52.1 cm³/mol. The number of hydrogen-bond donors (Lipinski definition) is 2. The van der Waals surface area contributed by atoms with Gasteiger partial charge < -0.3 is 10.1 Å². The van der Waals surface area contributed by atoms with Crippen LogP contribution in [0.2, 0.25) is 0 Å². The van der Waals surface area contributed by atoms with Gasteiger partial charge in [0.1, 0.15) is 11.8 Å². The Labute approximate surface area is 84.2 Å². The van der Waals surface area contributed by atoms with Crippen LogP contribution in [-0.4, -0.2) is 25.7 Å². The molecule has 0 amide bonds. The van der Waals surface area contributed by atoms with Crippen molar-refractivity contribution in [2.45, 2.75) is 13.3 Å². The molecule has 0 spiro atoms. The Morgan fingerprint density at radius 1 is 1.67 bits per heavy atom. The summed E-state index contributed by atoms with van der Waals surface area (Å²) in [4.78, 5) is 24.8. The topological polar surface area (TPSA) is 87.5 Å². The second-order valence-corrected chi connectivity index (χ2v) is 3.09. The van der Waals surface area contributed by atoms with E-state index in [2.05, 4.69) is 10.1 Å². The van der Waals surface area contributed by atoms with Gasteiger partial charge in [0.15, 0.2) is 0 Å². The zero-order valence-corrected chi connectivity index (χ0v) is 8.02. The van der Waals surface area contributed by atoms with Crippen LogP contribution < -0.4 is 5.56 Å². The Morgan fingerprint density at radius 2 is 2.40 bits per heavy atom. The molecule has 0 aromatic carbocycles. The number of H-pyrrole nitrogens is 1. The summed E-state index contributed by atoms with van der Waals surface area (Å²) in [5.74, 6) is -1.04. The monoisotopic (exact) mass is 207 g/mol. The average Bonchev–Trinajstić information content (AvgIpc) is 2.57. The van der Waals surface area contributed by atoms with Gasteiger partial charge in [0.2, 0.25) is 0 Å². The van der Waals surface area contributed by atoms with Crippen LogP contribution in [0.3, 0.4) is 0 Å². The molecule has 2 rings (SSSR count). The van der Waals surface area contributed by atoms with Gasteiger partial charge >= 0.3 is 5.97 Å². The van der Waals surface area contributed by atoms with Crippen LogP contribution in [0.15, 0.2) is 17.3 Å². The summed E-state index contributed by atoms with van der Waals surface area (Å²) in [6.45, 7) is 1.80. The molecule has 15 heavy (non-hydrogen) atoms. The molecule has 0 aliphatic carbocycles. The smallest absolute Gasteiger partial charge is 0.337 e. The number of carboxylic acids is 1. The van der Waals surface area contributed by atoms with Crippen LogP contribution >= 0.6 is 0 Å². The highest BCUT2D eigenvalue weighted by Gasteiger charge is 2.17. The molecule has 0 radical (unpaired) electrons. The third-order valence-electron chi connectivity index (χ3n) is 2.27. The highest BCUT2D eigenvalue weighted by atomic mass is 16.4. The fourth-order valence-corrected chi connectivity index (χ4v) is 1.62. The van der Waals surface area contributed by atoms with Crippen LogP contribution in [0.4, 0.5) is 0 Å². The predicted octanol–water partition coefficient (Wildman–Crippen LogP) is 0.283. The van der Waals surface area contributed by atoms with Crippen molar-refractivity contribution >= 4 is 11.5 Å². The zero-order chi connectivity index (χ0) is 11.0. The van der Waals surface area contributed by atoms with Gasteiger partial charge in [0.25, 0.3) is 5.56 Å². The fraction of sp³-hybridized carbons (Fsp3) is 0.222. The molecule has 0 aliphatic heterocycles. The molecule has 0 saturated carbocycles. The average molecular weight is 207 g/mol. The summed E-state index contributed by atoms with van der Waals surface area (Å²) in [6.07, 6.45) is 3.07. The van der Waals surface area contributed by atoms with E-state index in [1.807, 2.05) is 0 Å². The zero-order valence-electron chi connectivity index (χ0n) is 8.02. The molecule has 0 fully saturated rings. The molecule has 6 nitrogen and oxygen atoms in total. The lowest BCUT2D eigenvalue weighted by atomic mass is 10.1. The Morgan fingerprint density at radius 3 is 3.00 bits per heavy atom. The summed E-state index contributed by atoms with van der Waals surface area (Å²) in [5.41, 5.74) is 0.616. The maximum atomic E-state index is 11.5. The van der Waals surface area contributed by atoms with E-state index in [9.17, 15) is 9.59 Å². The maximum Gasteiger partial charge on any atom is 0.337 e. The SMILES string of the molecule is CCc1c(C(=O)O)cn2nc[nH]c(=O)c12. The highest BCUT2D eigenvalue weighted by molar-refractivity contribution is 5.92. The number of nitrogens with zero attached hydrogens (tertiary/aromatic N) is 2. The lowest BCUT2D eigenvalue weighted by Gasteiger charge is -1.94. The molecule has 2 heterocycles. The van der Waals surface area contributed by atoms with Crippen LogP contribution in [0.1, 0.15) is 22.8 Å². The summed E-state index contributed by atoms with van der Waals surface area (Å²) in [6, 6.07) is 0. The molecule has 0 atom stereocenters. The lowest BCUT2D eigenvalue weighted by molar-refractivity contribution is 0.0696. The molecule has 78 valence electrons. The molecule has 0 saturated heterocycles. The van der Waals surface area contributed by atoms with E-state index in [0.29, 0.717) is 17.5 Å². The second kappa shape index (κ2) is 3.23. The number of rotatable bonds is 2. The van der Waals surface area contributed by atoms with Crippen LogP contribution in [0.5, 0.6) is 0 Å². The number of aromatic carboxylic acids is 1. The maximum absolute atomic E-state index is 11.5. The van der Waals surface area contributed by atoms with Gasteiger partial charge in [0.05, 0.1) is 5.56 Å². The largest absolute Gasteiger partial charge is 0.478 e. The molecule has 0 unspecified atom stereocenters. The van der Waals surface area contributed by atoms with Crippen molar-refractivity contribution in [1.29, 1.82) is 0 Å². The minimum atomic E-state index is -1.04. The van der Waals surface area contributed by atoms with E-state index in [4.69, 9.17) is 5.11 Å². The van der Waals surface area contributed by atoms with E-state index in [1.54, 1.807) is 6.92 Å². The third-order valence-corrected chi connectivity index (χ3v) is 2.27. The standard InChI is InChI=1S/C9H9N3O3/c1-2-5-6(9(14)15)3-12-7(5)8(13)10-4-11-12/h3-4H,2H2,1H3,(H,14,15)(H,10,11,13). The first-order valence-corrected chi connectivity index (χ1v) is 4.46. The Bertz CT molecular complexity index is 582. The molecule has 0 bridgehead atoms. The molecular formula is C9H9N3O3. The molecule has 2 N–H and O–H groups in total. The number of carboxylic acid groups (broad SMARTS) is 1. The van der Waals surface area contributed by atoms with E-state index < -0.39 is 5.97 Å². The van der Waals surface area contributed by atoms with E-state index >= 15 is 0 Å². The van der Waals surface area contributed by atoms with E-state index in [0.717, 1.165) is 0 Å². The van der Waals surface area contributed by atoms with Crippen molar-refractivity contribution in [3.05, 3.63) is 34.0 Å². The van der Waals surface area contributed by atoms with Gasteiger partial charge in [-0.1, -0.05) is 6.92 Å². The van der Waals surface area contributed by atoms with Crippen LogP contribution in [-0.2, 0) is 6.42 Å². The summed E-state index contributed by atoms with van der Waals surface area (Å²) in [7, 11) is 0. The van der Waals surface area contributed by atoms with Crippen molar-refractivity contribution in [1.82, 2.24) is 14.6 Å². The number of aromatic amines is 1. The van der Waals surface area contributed by atoms with E-state index in [-0.39, 0.29) is 11.1 Å². The van der Waals surface area contributed by atoms with Gasteiger partial charge in [-0.25, -0.2) is 9.31 Å². The van der Waals surface area contributed by atoms with Crippen LogP contribution in [0.25, 0.3) is 5.52 Å². The van der Waals surface area contributed by atoms with Crippen LogP contribution in [0, 0.1) is 0 Å². The van der Waals surface area contributed by atoms with Crippen molar-refractivity contribution < 1.29 is 9.90 Å². The summed E-state index contributed by atoms with van der Waals surface area (Å²) in [5, 5.41) is 12.8. The van der Waals surface area contributed by atoms with Gasteiger partial charge in [-0.3, -0.25) is 4.79 Å². The van der Waals surface area contributed by atoms with Gasteiger partial charge in [-0.05, 0) is 12.0 Å². The molecule has 0 aliphatic rings. The quantitative estimate of drug-likeness (QED) is 0.740. The van der Waals surface area contributed by atoms with Crippen molar-refractivity contribution in [3.63, 3.8) is 0 Å². The van der Waals surface area contributed by atoms with Gasteiger partial charge in [0, 0.05) is 6.20 Å². The van der Waals surface area contributed by atoms with Gasteiger partial charge in [-0.15, -0.1) is 0 Å².